The zero-order valence-corrected chi connectivity index (χ0v) is 22.5. The van der Waals surface area contributed by atoms with Crippen LogP contribution >= 0.6 is 0 Å². The van der Waals surface area contributed by atoms with Crippen molar-refractivity contribution in [3.05, 3.63) is 88.4 Å². The van der Waals surface area contributed by atoms with E-state index in [4.69, 9.17) is 0 Å². The number of nitrogens with zero attached hydrogens (tertiary/aromatic N) is 4. The van der Waals surface area contributed by atoms with Crippen molar-refractivity contribution in [2.24, 2.45) is 5.92 Å². The normalized spacial score (nSPS) is 15.7. The number of hydrogen-bond donors (Lipinski definition) is 2. The van der Waals surface area contributed by atoms with E-state index >= 15 is 0 Å². The number of hydrogen-bond acceptors (Lipinski definition) is 6. The van der Waals surface area contributed by atoms with Crippen LogP contribution in [0.25, 0.3) is 0 Å². The van der Waals surface area contributed by atoms with Crippen LogP contribution in [0.2, 0.25) is 0 Å². The van der Waals surface area contributed by atoms with Gasteiger partial charge < -0.3 is 15.5 Å². The number of likely N-dealkylation sites (N-methyl/N-ethyl adjacent to an activating group) is 1. The van der Waals surface area contributed by atoms with Gasteiger partial charge in [0.2, 0.25) is 5.91 Å². The summed E-state index contributed by atoms with van der Waals surface area (Å²) in [6.45, 7) is 7.78. The molecule has 1 aromatic heterocycles. The lowest BCUT2D eigenvalue weighted by Crippen LogP contribution is -2.43. The maximum atomic E-state index is 12.9. The average Bonchev–Trinajstić information content (AvgIpc) is 3.80. The Kier molecular flexibility index (Phi) is 8.30. The lowest BCUT2D eigenvalue weighted by molar-refractivity contribution is -0.117. The maximum absolute atomic E-state index is 12.9. The van der Waals surface area contributed by atoms with Crippen LogP contribution in [0.15, 0.2) is 54.9 Å². The largest absolute Gasteiger partial charge is 0.348 e. The molecule has 2 fully saturated rings. The molecule has 200 valence electrons. The van der Waals surface area contributed by atoms with E-state index in [1.807, 2.05) is 19.1 Å². The van der Waals surface area contributed by atoms with E-state index in [2.05, 4.69) is 73.6 Å². The fraction of sp³-hybridized carbons (Fsp3) is 0.355. The number of carbonyl (C=O) groups is 2. The van der Waals surface area contributed by atoms with Crippen molar-refractivity contribution in [2.75, 3.05) is 38.5 Å². The Bertz CT molecular complexity index is 1380. The van der Waals surface area contributed by atoms with E-state index in [9.17, 15) is 9.59 Å². The highest BCUT2D eigenvalue weighted by atomic mass is 16.2. The highest BCUT2D eigenvalue weighted by molar-refractivity contribution is 5.94. The summed E-state index contributed by atoms with van der Waals surface area (Å²) in [7, 11) is 2.17. The summed E-state index contributed by atoms with van der Waals surface area (Å²) in [6.07, 6.45) is 4.92. The molecule has 1 saturated heterocycles. The average molecular weight is 523 g/mol. The second-order valence-electron chi connectivity index (χ2n) is 10.4. The molecule has 39 heavy (non-hydrogen) atoms. The first kappa shape index (κ1) is 26.5. The number of aryl methyl sites for hydroxylation is 1. The van der Waals surface area contributed by atoms with E-state index in [0.717, 1.165) is 62.3 Å². The number of carbonyl (C=O) groups excluding carboxylic acids is 2. The third-order valence-electron chi connectivity index (χ3n) is 7.15. The number of benzene rings is 2. The van der Waals surface area contributed by atoms with Gasteiger partial charge in [-0.3, -0.25) is 14.5 Å². The van der Waals surface area contributed by atoms with Crippen molar-refractivity contribution >= 4 is 17.6 Å². The molecule has 2 heterocycles. The van der Waals surface area contributed by atoms with E-state index < -0.39 is 0 Å². The van der Waals surface area contributed by atoms with Gasteiger partial charge in [-0.15, -0.1) is 0 Å². The lowest BCUT2D eigenvalue weighted by Gasteiger charge is -2.32. The molecule has 2 aromatic carbocycles. The van der Waals surface area contributed by atoms with Gasteiger partial charge in [0.1, 0.15) is 5.69 Å². The summed E-state index contributed by atoms with van der Waals surface area (Å²) in [6, 6.07) is 14.0. The van der Waals surface area contributed by atoms with Crippen LogP contribution in [0, 0.1) is 24.7 Å². The van der Waals surface area contributed by atoms with Gasteiger partial charge >= 0.3 is 0 Å². The summed E-state index contributed by atoms with van der Waals surface area (Å²) >= 11 is 0. The van der Waals surface area contributed by atoms with Crippen LogP contribution in [-0.4, -0.2) is 64.8 Å². The molecule has 1 aliphatic carbocycles. The predicted molar refractivity (Wildman–Crippen MR) is 151 cm³/mol. The molecule has 2 aliphatic rings. The molecule has 5 rings (SSSR count). The molecule has 8 heteroatoms. The minimum atomic E-state index is -0.143. The molecular weight excluding hydrogens is 488 g/mol. The van der Waals surface area contributed by atoms with Gasteiger partial charge in [-0.25, -0.2) is 9.97 Å². The van der Waals surface area contributed by atoms with Crippen molar-refractivity contribution in [3.63, 3.8) is 0 Å². The summed E-state index contributed by atoms with van der Waals surface area (Å²) in [4.78, 5) is 38.1. The second-order valence-corrected chi connectivity index (χ2v) is 10.4. The number of nitrogens with one attached hydrogen (secondary N) is 2. The van der Waals surface area contributed by atoms with Crippen molar-refractivity contribution in [1.29, 1.82) is 0 Å². The summed E-state index contributed by atoms with van der Waals surface area (Å²) in [5.74, 6) is 6.49. The molecule has 0 radical (unpaired) electrons. The van der Waals surface area contributed by atoms with Crippen LogP contribution in [0.4, 0.5) is 5.82 Å². The zero-order valence-electron chi connectivity index (χ0n) is 22.5. The van der Waals surface area contributed by atoms with Crippen LogP contribution in [0.3, 0.4) is 0 Å². The van der Waals surface area contributed by atoms with Gasteiger partial charge in [0.25, 0.3) is 5.91 Å². The Morgan fingerprint density at radius 3 is 2.38 bits per heavy atom. The first-order valence-electron chi connectivity index (χ1n) is 13.5. The van der Waals surface area contributed by atoms with Gasteiger partial charge in [-0.2, -0.15) is 0 Å². The molecule has 0 unspecified atom stereocenters. The number of aromatic nitrogens is 2. The Hall–Kier alpha value is -4.06. The highest BCUT2D eigenvalue weighted by Gasteiger charge is 2.29. The Morgan fingerprint density at radius 1 is 0.949 bits per heavy atom. The van der Waals surface area contributed by atoms with Crippen LogP contribution in [0.5, 0.6) is 0 Å². The van der Waals surface area contributed by atoms with Gasteiger partial charge in [-0.05, 0) is 61.6 Å². The van der Waals surface area contributed by atoms with Crippen molar-refractivity contribution in [3.8, 4) is 11.8 Å². The molecule has 2 N–H and O–H groups in total. The predicted octanol–water partition coefficient (Wildman–Crippen LogP) is 3.21. The number of amides is 2. The van der Waals surface area contributed by atoms with Crippen molar-refractivity contribution in [1.82, 2.24) is 25.1 Å². The fourth-order valence-corrected chi connectivity index (χ4v) is 4.37. The van der Waals surface area contributed by atoms with Crippen LogP contribution < -0.4 is 10.6 Å². The Balaban J connectivity index is 1.15. The quantitative estimate of drug-likeness (QED) is 0.463. The molecular formula is C31H34N6O2. The topological polar surface area (TPSA) is 90.5 Å². The summed E-state index contributed by atoms with van der Waals surface area (Å²) in [5.41, 5.74) is 5.12. The summed E-state index contributed by atoms with van der Waals surface area (Å²) in [5, 5.41) is 5.79. The Morgan fingerprint density at radius 2 is 1.69 bits per heavy atom. The smallest absolute Gasteiger partial charge is 0.251 e. The third kappa shape index (κ3) is 7.50. The molecule has 0 bridgehead atoms. The molecule has 2 amide bonds. The van der Waals surface area contributed by atoms with E-state index in [0.29, 0.717) is 23.6 Å². The standard InChI is InChI=1S/C31H34N6O2/c1-22-3-8-27(17-26(22)11-12-28-19-33-29(20-32-28)35-31(39)25-9-10-25)30(38)34-18-23-4-6-24(7-5-23)21-37-15-13-36(2)14-16-37/h3-8,17,19-20,25H,9-10,13-16,18,21H2,1-2H3,(H,34,38)(H,33,35,39). The van der Waals surface area contributed by atoms with E-state index in [1.165, 1.54) is 18.0 Å². The fourth-order valence-electron chi connectivity index (χ4n) is 4.37. The molecule has 3 aromatic rings. The minimum Gasteiger partial charge on any atom is -0.348 e. The second kappa shape index (κ2) is 12.2. The maximum Gasteiger partial charge on any atom is 0.251 e. The monoisotopic (exact) mass is 522 g/mol. The van der Waals surface area contributed by atoms with E-state index in [1.54, 1.807) is 6.07 Å². The first-order chi connectivity index (χ1) is 18.9. The molecule has 1 saturated carbocycles. The Labute approximate surface area is 229 Å². The molecule has 0 atom stereocenters. The van der Waals surface area contributed by atoms with Gasteiger partial charge in [0, 0.05) is 56.3 Å². The lowest BCUT2D eigenvalue weighted by atomic mass is 10.0. The number of piperazine rings is 1. The third-order valence-corrected chi connectivity index (χ3v) is 7.15. The number of rotatable bonds is 7. The zero-order chi connectivity index (χ0) is 27.2. The highest BCUT2D eigenvalue weighted by Crippen LogP contribution is 2.29. The molecule has 0 spiro atoms. The number of anilines is 1. The minimum absolute atomic E-state index is 0.00733. The van der Waals surface area contributed by atoms with Crippen LogP contribution in [0.1, 0.15) is 51.1 Å². The van der Waals surface area contributed by atoms with Gasteiger partial charge in [0.15, 0.2) is 5.82 Å². The summed E-state index contributed by atoms with van der Waals surface area (Å²) < 4.78 is 0. The first-order valence-corrected chi connectivity index (χ1v) is 13.5. The molecule has 1 aliphatic heterocycles. The SMILES string of the molecule is Cc1ccc(C(=O)NCc2ccc(CN3CCN(C)CC3)cc2)cc1C#Cc1cnc(NC(=O)C2CC2)cn1. The van der Waals surface area contributed by atoms with Crippen molar-refractivity contribution < 1.29 is 9.59 Å². The van der Waals surface area contributed by atoms with Crippen LogP contribution in [-0.2, 0) is 17.9 Å². The van der Waals surface area contributed by atoms with Gasteiger partial charge in [-0.1, -0.05) is 36.3 Å². The molecule has 8 nitrogen and oxygen atoms in total. The van der Waals surface area contributed by atoms with Gasteiger partial charge in [0.05, 0.1) is 12.4 Å². The van der Waals surface area contributed by atoms with Crippen molar-refractivity contribution in [2.45, 2.75) is 32.9 Å². The van der Waals surface area contributed by atoms with E-state index in [-0.39, 0.29) is 17.7 Å².